The van der Waals surface area contributed by atoms with Gasteiger partial charge in [-0.3, -0.25) is 0 Å². The van der Waals surface area contributed by atoms with Crippen molar-refractivity contribution < 1.29 is 0 Å². The van der Waals surface area contributed by atoms with Crippen LogP contribution in [-0.4, -0.2) is 35.1 Å². The highest BCUT2D eigenvalue weighted by Crippen LogP contribution is 2.28. The molecule has 1 heterocycles. The van der Waals surface area contributed by atoms with Crippen LogP contribution in [0, 0.1) is 0 Å². The second-order valence-corrected chi connectivity index (χ2v) is 8.89. The highest BCUT2D eigenvalue weighted by Gasteiger charge is 2.23. The van der Waals surface area contributed by atoms with E-state index in [0.29, 0.717) is 6.04 Å². The lowest BCUT2D eigenvalue weighted by Gasteiger charge is -2.30. The van der Waals surface area contributed by atoms with Crippen LogP contribution in [0.3, 0.4) is 0 Å². The maximum atomic E-state index is 3.74. The van der Waals surface area contributed by atoms with E-state index in [1.165, 1.54) is 29.2 Å². The van der Waals surface area contributed by atoms with Gasteiger partial charge in [0.25, 0.3) is 0 Å². The Hall–Kier alpha value is -0.120. The summed E-state index contributed by atoms with van der Waals surface area (Å²) < 4.78 is 0. The summed E-state index contributed by atoms with van der Waals surface area (Å²) in [7, 11) is 0. The van der Waals surface area contributed by atoms with E-state index in [2.05, 4.69) is 79.9 Å². The van der Waals surface area contributed by atoms with E-state index in [0.717, 1.165) is 11.8 Å². The quantitative estimate of drug-likeness (QED) is 0.846. The van der Waals surface area contributed by atoms with Gasteiger partial charge in [0.15, 0.2) is 0 Å². The fourth-order valence-corrected chi connectivity index (χ4v) is 5.46. The standard InChI is InChI=1S/C17H27NS2/c1-14(18-12-16-13-19-9-10-20-16)11-17(2,3)15-7-5-4-6-8-15/h4-8,14,16,18H,9-13H2,1-3H3. The van der Waals surface area contributed by atoms with Crippen LogP contribution in [0.2, 0.25) is 0 Å². The average Bonchev–Trinajstić information content (AvgIpc) is 2.47. The van der Waals surface area contributed by atoms with Gasteiger partial charge in [-0.15, -0.1) is 0 Å². The average molecular weight is 310 g/mol. The minimum absolute atomic E-state index is 0.238. The summed E-state index contributed by atoms with van der Waals surface area (Å²) in [4.78, 5) is 0. The molecule has 3 heteroatoms. The van der Waals surface area contributed by atoms with E-state index >= 15 is 0 Å². The predicted molar refractivity (Wildman–Crippen MR) is 95.1 cm³/mol. The summed E-state index contributed by atoms with van der Waals surface area (Å²) in [5.74, 6) is 3.96. The Balaban J connectivity index is 1.79. The number of hydrogen-bond donors (Lipinski definition) is 1. The normalized spacial score (nSPS) is 21.6. The molecule has 0 amide bonds. The topological polar surface area (TPSA) is 12.0 Å². The van der Waals surface area contributed by atoms with Crippen LogP contribution in [0.25, 0.3) is 0 Å². The van der Waals surface area contributed by atoms with Gasteiger partial charge in [0.1, 0.15) is 0 Å². The first-order valence-corrected chi connectivity index (χ1v) is 9.76. The van der Waals surface area contributed by atoms with Gasteiger partial charge in [-0.25, -0.2) is 0 Å². The predicted octanol–water partition coefficient (Wildman–Crippen LogP) is 4.18. The Labute approximate surface area is 132 Å². The molecule has 1 aromatic rings. The molecule has 1 nitrogen and oxygen atoms in total. The third-order valence-electron chi connectivity index (χ3n) is 3.95. The van der Waals surface area contributed by atoms with Crippen molar-refractivity contribution in [1.82, 2.24) is 5.32 Å². The molecule has 0 saturated carbocycles. The third-order valence-corrected chi connectivity index (χ3v) is 6.80. The Morgan fingerprint density at radius 2 is 2.00 bits per heavy atom. The summed E-state index contributed by atoms with van der Waals surface area (Å²) in [6.45, 7) is 8.19. The second kappa shape index (κ2) is 7.77. The molecule has 2 atom stereocenters. The van der Waals surface area contributed by atoms with Crippen LogP contribution in [0.4, 0.5) is 0 Å². The molecule has 112 valence electrons. The Kier molecular flexibility index (Phi) is 6.31. The van der Waals surface area contributed by atoms with E-state index in [9.17, 15) is 0 Å². The van der Waals surface area contributed by atoms with E-state index in [-0.39, 0.29) is 5.41 Å². The zero-order valence-corrected chi connectivity index (χ0v) is 14.5. The lowest BCUT2D eigenvalue weighted by molar-refractivity contribution is 0.391. The van der Waals surface area contributed by atoms with Crippen molar-refractivity contribution in [2.45, 2.75) is 43.9 Å². The zero-order chi connectivity index (χ0) is 14.4. The van der Waals surface area contributed by atoms with Gasteiger partial charge in [-0.1, -0.05) is 44.2 Å². The van der Waals surface area contributed by atoms with Crippen LogP contribution in [0.15, 0.2) is 30.3 Å². The van der Waals surface area contributed by atoms with Gasteiger partial charge in [-0.2, -0.15) is 23.5 Å². The van der Waals surface area contributed by atoms with Crippen LogP contribution in [-0.2, 0) is 5.41 Å². The van der Waals surface area contributed by atoms with Crippen molar-refractivity contribution in [2.75, 3.05) is 23.8 Å². The zero-order valence-electron chi connectivity index (χ0n) is 12.9. The smallest absolute Gasteiger partial charge is 0.0263 e. The Bertz CT molecular complexity index is 385. The van der Waals surface area contributed by atoms with Crippen LogP contribution in [0.1, 0.15) is 32.8 Å². The van der Waals surface area contributed by atoms with E-state index in [1.807, 2.05) is 0 Å². The van der Waals surface area contributed by atoms with Crippen molar-refractivity contribution in [3.8, 4) is 0 Å². The molecule has 1 saturated heterocycles. The molecule has 0 aromatic heterocycles. The van der Waals surface area contributed by atoms with Gasteiger partial charge in [0, 0.05) is 35.1 Å². The molecule has 20 heavy (non-hydrogen) atoms. The summed E-state index contributed by atoms with van der Waals surface area (Å²) in [6.07, 6.45) is 1.18. The molecule has 1 aliphatic rings. The molecule has 0 radical (unpaired) electrons. The molecule has 0 aliphatic carbocycles. The monoisotopic (exact) mass is 309 g/mol. The largest absolute Gasteiger partial charge is 0.313 e. The van der Waals surface area contributed by atoms with Crippen molar-refractivity contribution in [3.63, 3.8) is 0 Å². The maximum Gasteiger partial charge on any atom is 0.0263 e. The first-order valence-electron chi connectivity index (χ1n) is 7.56. The van der Waals surface area contributed by atoms with Crippen LogP contribution in [0.5, 0.6) is 0 Å². The molecule has 1 fully saturated rings. The number of nitrogens with one attached hydrogen (secondary N) is 1. The van der Waals surface area contributed by atoms with E-state index < -0.39 is 0 Å². The van der Waals surface area contributed by atoms with Gasteiger partial charge < -0.3 is 5.32 Å². The first kappa shape index (κ1) is 16.3. The number of hydrogen-bond acceptors (Lipinski definition) is 3. The highest BCUT2D eigenvalue weighted by atomic mass is 32.2. The van der Waals surface area contributed by atoms with Gasteiger partial charge >= 0.3 is 0 Å². The van der Waals surface area contributed by atoms with Crippen LogP contribution >= 0.6 is 23.5 Å². The molecule has 2 unspecified atom stereocenters. The Morgan fingerprint density at radius 3 is 2.65 bits per heavy atom. The van der Waals surface area contributed by atoms with Gasteiger partial charge in [-0.05, 0) is 24.3 Å². The summed E-state index contributed by atoms with van der Waals surface area (Å²) in [6, 6.07) is 11.5. The number of benzene rings is 1. The fraction of sp³-hybridized carbons (Fsp3) is 0.647. The molecule has 2 rings (SSSR count). The minimum Gasteiger partial charge on any atom is -0.313 e. The van der Waals surface area contributed by atoms with Crippen LogP contribution < -0.4 is 5.32 Å². The third kappa shape index (κ3) is 5.01. The molecule has 1 aromatic carbocycles. The summed E-state index contributed by atoms with van der Waals surface area (Å²) in [5, 5.41) is 4.55. The van der Waals surface area contributed by atoms with Crippen molar-refractivity contribution in [1.29, 1.82) is 0 Å². The lowest BCUT2D eigenvalue weighted by Crippen LogP contribution is -2.38. The van der Waals surface area contributed by atoms with Gasteiger partial charge in [0.05, 0.1) is 0 Å². The molecule has 0 bridgehead atoms. The second-order valence-electron chi connectivity index (χ2n) is 6.33. The minimum atomic E-state index is 0.238. The first-order chi connectivity index (χ1) is 9.58. The summed E-state index contributed by atoms with van der Waals surface area (Å²) >= 11 is 4.24. The highest BCUT2D eigenvalue weighted by molar-refractivity contribution is 8.06. The van der Waals surface area contributed by atoms with Gasteiger partial charge in [0.2, 0.25) is 0 Å². The number of thioether (sulfide) groups is 2. The molecule has 1 N–H and O–H groups in total. The van der Waals surface area contributed by atoms with Crippen molar-refractivity contribution >= 4 is 23.5 Å². The van der Waals surface area contributed by atoms with Crippen molar-refractivity contribution in [3.05, 3.63) is 35.9 Å². The Morgan fingerprint density at radius 1 is 1.25 bits per heavy atom. The van der Waals surface area contributed by atoms with Crippen molar-refractivity contribution in [2.24, 2.45) is 0 Å². The number of rotatable bonds is 6. The SMILES string of the molecule is CC(CC(C)(C)c1ccccc1)NCC1CSCCS1. The molecule has 1 aliphatic heterocycles. The lowest BCUT2D eigenvalue weighted by atomic mass is 9.79. The molecular formula is C17H27NS2. The maximum absolute atomic E-state index is 3.74. The molecular weight excluding hydrogens is 282 g/mol. The summed E-state index contributed by atoms with van der Waals surface area (Å²) in [5.41, 5.74) is 1.68. The van der Waals surface area contributed by atoms with E-state index in [4.69, 9.17) is 0 Å². The van der Waals surface area contributed by atoms with E-state index in [1.54, 1.807) is 0 Å². The fourth-order valence-electron chi connectivity index (χ4n) is 2.83. The molecule has 0 spiro atoms.